The Morgan fingerprint density at radius 2 is 0.638 bits per heavy atom. The fourth-order valence-electron chi connectivity index (χ4n) is 10.3. The van der Waals surface area contributed by atoms with Gasteiger partial charge in [0.15, 0.2) is 30.5 Å². The van der Waals surface area contributed by atoms with Gasteiger partial charge >= 0.3 is 17.9 Å². The number of hydrogen-bond acceptors (Lipinski definition) is 24. The van der Waals surface area contributed by atoms with Gasteiger partial charge in [-0.3, -0.25) is 69.3 Å². The van der Waals surface area contributed by atoms with Gasteiger partial charge in [-0.2, -0.15) is 0 Å². The molecule has 0 radical (unpaired) electrons. The van der Waals surface area contributed by atoms with E-state index in [0.29, 0.717) is 112 Å². The van der Waals surface area contributed by atoms with Crippen LogP contribution in [0, 0.1) is 53.3 Å². The SMILES string of the molecule is C.CC(C)CN.CC(C)CNC(=O)[C@@H](CC(C)C)ON.CC(C)CNC(=O)[C@@H](CC(C)C)ON1C(=O)c2ccccc2C1=O.CC(C)CNC(=O)[C@@H](CC(C)C)ONC(=O)c1ccccc1.CC(C)C[C@@H](ON1C(=O)c2ccccc2C1=O)C(=O)O.CC(C)C[C@@H](ON1C(=O)c2ccccc2C1=O)C(=O)OC(C)(C)C.CO.ClCCl.NN.O.O=C(O)c1ccccc1. The molecular weight excluding hydrogens is 1690 g/mol. The van der Waals surface area contributed by atoms with Crippen LogP contribution in [0.1, 0.15) is 268 Å². The molecule has 0 aliphatic carbocycles. The Labute approximate surface area is 759 Å². The monoisotopic (exact) mass is 1830 g/mol. The minimum absolute atomic E-state index is 0. The second-order valence-corrected chi connectivity index (χ2v) is 33.8. The molecule has 17 N–H and O–H groups in total. The molecule has 0 saturated heterocycles. The number of hydrazine groups is 1. The number of nitrogens with two attached hydrogens (primary N) is 4. The van der Waals surface area contributed by atoms with Gasteiger partial charge in [-0.15, -0.1) is 38.4 Å². The molecule has 0 unspecified atom stereocenters. The summed E-state index contributed by atoms with van der Waals surface area (Å²) >= 11 is 9.53. The second-order valence-electron chi connectivity index (χ2n) is 33.0. The van der Waals surface area contributed by atoms with E-state index in [1.807, 2.05) is 117 Å². The molecule has 0 saturated carbocycles. The van der Waals surface area contributed by atoms with Gasteiger partial charge in [0.2, 0.25) is 0 Å². The first-order valence-electron chi connectivity index (χ1n) is 41.2. The first-order chi connectivity index (χ1) is 58.7. The Hall–Kier alpha value is -10.1. The van der Waals surface area contributed by atoms with E-state index in [4.69, 9.17) is 74.2 Å². The summed E-state index contributed by atoms with van der Waals surface area (Å²) in [7, 11) is 1.00. The second kappa shape index (κ2) is 66.4. The summed E-state index contributed by atoms with van der Waals surface area (Å²) in [6.45, 7) is 43.6. The molecule has 3 aliphatic rings. The van der Waals surface area contributed by atoms with E-state index in [9.17, 15) is 62.3 Å². The largest absolute Gasteiger partial charge is 0.479 e. The number of carboxylic acid groups (broad SMARTS) is 2. The lowest BCUT2D eigenvalue weighted by molar-refractivity contribution is -0.191. The van der Waals surface area contributed by atoms with Gasteiger partial charge < -0.3 is 47.2 Å². The molecule has 3 aliphatic heterocycles. The number of nitrogens with one attached hydrogen (secondary N) is 4. The summed E-state index contributed by atoms with van der Waals surface area (Å²) < 4.78 is 5.35. The highest BCUT2D eigenvalue weighted by Crippen LogP contribution is 2.29. The number of rotatable bonds is 33. The Kier molecular flexibility index (Phi) is 64.4. The standard InChI is InChI=1S/C18H24N2O4.C18H23NO5.C17H26N2O3.C14H15NO5.C10H22N2O2.C7H6O2.C4H11N.CH2Cl2.CH4O.CH4.H4N2.H2O/c1-11(2)9-15(16(21)19-10-12(3)4)24-20-17(22)13-7-5-6-8-14(13)18(20)23;1-11(2)10-14(17(22)23-18(3,4)5)24-19-15(20)12-8-6-7-9-13(12)16(19)21;1-12(2)10-15(17(21)18-11-13(3)4)22-19-16(20)14-8-6-5-7-9-14;1-8(2)7-11(14(18)19)20-15-12(16)9-5-3-4-6-10(9)13(15)17;1-7(2)5-9(14-11)10(13)12-6-8(3)4;8-7(9)6-4-2-1-3-5-6;1-4(2)3-5;2-1-3;1-2;;1-2;/h5-8,11-12,15H,9-10H2,1-4H3,(H,19,21);6-9,11,14H,10H2,1-5H3;5-9,12-13,15H,10-11H2,1-4H3,(H,18,21)(H,19,20);3-6,8,11H,7H2,1-2H3,(H,18,19);7-9H,5-6,11H2,1-4H3,(H,12,13);1-5H,(H,8,9);4H,3,5H2,1-2H3;1H2;2H,1H3;1H4;1-2H2;1H2/t15-;14-;15-;11-;9-;;;;;;;/m11111......./s1. The number of aliphatic hydroxyl groups is 1. The molecule has 0 fully saturated rings. The zero-order chi connectivity index (χ0) is 96.1. The van der Waals surface area contributed by atoms with Crippen LogP contribution in [-0.2, 0) is 52.9 Å². The van der Waals surface area contributed by atoms with Crippen molar-refractivity contribution in [3.8, 4) is 0 Å². The zero-order valence-corrected chi connectivity index (χ0v) is 78.4. The van der Waals surface area contributed by atoms with E-state index in [2.05, 4.69) is 51.8 Å². The van der Waals surface area contributed by atoms with Crippen LogP contribution in [0.4, 0.5) is 0 Å². The summed E-state index contributed by atoms with van der Waals surface area (Å²) in [6, 6.07) is 36.3. The molecule has 10 amide bonds. The highest BCUT2D eigenvalue weighted by molar-refractivity contribution is 6.40. The predicted molar refractivity (Wildman–Crippen MR) is 488 cm³/mol. The van der Waals surface area contributed by atoms with Gasteiger partial charge in [-0.05, 0) is 173 Å². The fourth-order valence-corrected chi connectivity index (χ4v) is 10.3. The number of benzene rings is 5. The van der Waals surface area contributed by atoms with E-state index in [1.54, 1.807) is 136 Å². The Balaban J connectivity index is -0.000000706. The maximum atomic E-state index is 12.4. The van der Waals surface area contributed by atoms with E-state index < -0.39 is 89.5 Å². The lowest BCUT2D eigenvalue weighted by atomic mass is 10.1. The molecule has 5 aromatic carbocycles. The lowest BCUT2D eigenvalue weighted by Crippen LogP contribution is -2.44. The van der Waals surface area contributed by atoms with Crippen LogP contribution >= 0.6 is 23.2 Å². The molecule has 5 aromatic rings. The summed E-state index contributed by atoms with van der Waals surface area (Å²) in [6.07, 6.45) is -2.18. The van der Waals surface area contributed by atoms with Crippen molar-refractivity contribution in [2.24, 2.45) is 76.6 Å². The van der Waals surface area contributed by atoms with Crippen LogP contribution in [0.2, 0.25) is 0 Å². The minimum atomic E-state index is -1.22. The van der Waals surface area contributed by atoms with Crippen LogP contribution in [0.25, 0.3) is 0 Å². The Morgan fingerprint density at radius 1 is 0.394 bits per heavy atom. The number of nitrogens with zero attached hydrogens (tertiary/aromatic N) is 3. The molecule has 34 nitrogen and oxygen atoms in total. The number of hydroxylamine groups is 7. The molecule has 5 atom stereocenters. The van der Waals surface area contributed by atoms with Gasteiger partial charge in [0.05, 0.1) is 44.3 Å². The Bertz CT molecular complexity index is 3990. The molecule has 0 spiro atoms. The van der Waals surface area contributed by atoms with Crippen molar-refractivity contribution in [1.29, 1.82) is 0 Å². The number of amides is 10. The third kappa shape index (κ3) is 48.6. The van der Waals surface area contributed by atoms with Crippen LogP contribution < -0.4 is 44.7 Å². The number of imide groups is 3. The molecule has 714 valence electrons. The van der Waals surface area contributed by atoms with E-state index >= 15 is 0 Å². The fraction of sp³-hybridized carbons (Fsp3) is 0.527. The van der Waals surface area contributed by atoms with Gasteiger partial charge in [0, 0.05) is 32.3 Å². The summed E-state index contributed by atoms with van der Waals surface area (Å²) in [5, 5.41) is 35.0. The zero-order valence-electron chi connectivity index (χ0n) is 76.9. The topological polar surface area (TPSA) is 531 Å². The van der Waals surface area contributed by atoms with Crippen molar-refractivity contribution in [2.75, 3.05) is 38.6 Å². The van der Waals surface area contributed by atoms with Crippen molar-refractivity contribution in [1.82, 2.24) is 36.6 Å². The minimum Gasteiger partial charge on any atom is -0.479 e. The molecule has 3 heterocycles. The van der Waals surface area contributed by atoms with Crippen LogP contribution in [0.15, 0.2) is 133 Å². The number of ether oxygens (including phenoxy) is 1. The van der Waals surface area contributed by atoms with Gasteiger partial charge in [-0.25, -0.2) is 40.3 Å². The van der Waals surface area contributed by atoms with Gasteiger partial charge in [-0.1, -0.05) is 205 Å². The van der Waals surface area contributed by atoms with E-state index in [0.717, 1.165) is 13.7 Å². The van der Waals surface area contributed by atoms with Crippen molar-refractivity contribution >= 4 is 100 Å². The highest BCUT2D eigenvalue weighted by Gasteiger charge is 2.43. The normalized spacial score (nSPS) is 13.1. The highest BCUT2D eigenvalue weighted by atomic mass is 35.5. The van der Waals surface area contributed by atoms with E-state index in [1.165, 1.54) is 12.1 Å². The first-order valence-corrected chi connectivity index (χ1v) is 42.2. The smallest absolute Gasteiger partial charge is 0.338 e. The predicted octanol–water partition coefficient (Wildman–Crippen LogP) is 12.3. The maximum absolute atomic E-state index is 12.4. The molecule has 8 rings (SSSR count). The number of aliphatic carboxylic acids is 1. The molecular formula is C91H143Cl2N11O23. The lowest BCUT2D eigenvalue weighted by Gasteiger charge is -2.26. The number of carbonyl (C=O) groups is 13. The number of fused-ring (bicyclic) bond motifs is 3. The quantitative estimate of drug-likeness (QED) is 0.00611. The Morgan fingerprint density at radius 3 is 0.898 bits per heavy atom. The van der Waals surface area contributed by atoms with Crippen LogP contribution in [0.5, 0.6) is 0 Å². The third-order valence-electron chi connectivity index (χ3n) is 16.3. The molecule has 0 bridgehead atoms. The number of esters is 1. The number of aromatic carboxylic acids is 1. The van der Waals surface area contributed by atoms with Gasteiger partial charge in [0.25, 0.3) is 59.1 Å². The summed E-state index contributed by atoms with van der Waals surface area (Å²) in [4.78, 5) is 181. The van der Waals surface area contributed by atoms with Crippen LogP contribution in [0.3, 0.4) is 0 Å². The number of alkyl halides is 2. The maximum Gasteiger partial charge on any atom is 0.338 e. The molecule has 0 aromatic heterocycles. The number of halogens is 2. The number of carboxylic acids is 2. The van der Waals surface area contributed by atoms with E-state index in [-0.39, 0.29) is 94.2 Å². The molecule has 127 heavy (non-hydrogen) atoms. The van der Waals surface area contributed by atoms with Crippen molar-refractivity contribution in [3.63, 3.8) is 0 Å². The number of carbonyl (C=O) groups excluding carboxylic acids is 11. The number of hydrogen-bond donors (Lipinski definition) is 11. The average molecular weight is 1830 g/mol. The average Bonchev–Trinajstić information content (AvgIpc) is 1.65. The summed E-state index contributed by atoms with van der Waals surface area (Å²) in [5.41, 5.74) is 9.29. The van der Waals surface area contributed by atoms with Crippen molar-refractivity contribution in [3.05, 3.63) is 178 Å². The molecule has 36 heteroatoms. The van der Waals surface area contributed by atoms with Crippen LogP contribution in [-0.4, -0.2) is 188 Å². The number of aliphatic hydroxyl groups excluding tert-OH is 1. The first kappa shape index (κ1) is 123. The van der Waals surface area contributed by atoms with Crippen molar-refractivity contribution < 1.29 is 112 Å². The summed E-state index contributed by atoms with van der Waals surface area (Å²) in [5.74, 6) is 8.80. The third-order valence-corrected chi connectivity index (χ3v) is 16.3. The van der Waals surface area contributed by atoms with Crippen molar-refractivity contribution in [2.45, 2.75) is 221 Å². The van der Waals surface area contributed by atoms with Gasteiger partial charge in [0.1, 0.15) is 5.60 Å².